The fourth-order valence-corrected chi connectivity index (χ4v) is 9.95. The minimum absolute atomic E-state index is 0.398. The van der Waals surface area contributed by atoms with E-state index in [1.165, 1.54) is 54.5 Å². The Morgan fingerprint density at radius 1 is 0.355 bits per heavy atom. The van der Waals surface area contributed by atoms with Crippen LogP contribution in [0.4, 0.5) is 0 Å². The molecule has 62 heavy (non-hydrogen) atoms. The molecule has 290 valence electrons. The van der Waals surface area contributed by atoms with E-state index in [-0.39, 0.29) is 0 Å². The predicted molar refractivity (Wildman–Crippen MR) is 259 cm³/mol. The number of rotatable bonds is 5. The third kappa shape index (κ3) is 5.22. The van der Waals surface area contributed by atoms with E-state index in [4.69, 9.17) is 9.98 Å². The second kappa shape index (κ2) is 13.6. The van der Waals surface area contributed by atoms with Gasteiger partial charge < -0.3 is 9.88 Å². The number of amidine groups is 1. The molecule has 0 bridgehead atoms. The van der Waals surface area contributed by atoms with E-state index < -0.39 is 6.17 Å². The molecule has 1 unspecified atom stereocenters. The van der Waals surface area contributed by atoms with Gasteiger partial charge in [-0.15, -0.1) is 0 Å². The zero-order chi connectivity index (χ0) is 40.7. The molecule has 0 saturated heterocycles. The molecular weight excluding hydrogens is 755 g/mol. The summed E-state index contributed by atoms with van der Waals surface area (Å²) in [4.78, 5) is 11.0. The van der Waals surface area contributed by atoms with Gasteiger partial charge in [0.2, 0.25) is 5.96 Å². The molecule has 0 fully saturated rings. The minimum atomic E-state index is -0.398. The molecular formula is C57H37N5. The summed E-state index contributed by atoms with van der Waals surface area (Å²) in [5, 5.41) is 13.7. The van der Waals surface area contributed by atoms with Crippen molar-refractivity contribution in [3.05, 3.63) is 223 Å². The molecule has 1 aliphatic heterocycles. The van der Waals surface area contributed by atoms with Crippen molar-refractivity contribution in [1.29, 1.82) is 0 Å². The van der Waals surface area contributed by atoms with Crippen molar-refractivity contribution in [2.24, 2.45) is 9.98 Å². The molecule has 5 nitrogen and oxygen atoms in total. The Kier molecular flexibility index (Phi) is 7.60. The lowest BCUT2D eigenvalue weighted by atomic mass is 9.95. The van der Waals surface area contributed by atoms with Crippen LogP contribution in [0.1, 0.15) is 17.3 Å². The van der Waals surface area contributed by atoms with Crippen molar-refractivity contribution in [3.8, 4) is 27.9 Å². The van der Waals surface area contributed by atoms with Gasteiger partial charge >= 0.3 is 0 Å². The van der Waals surface area contributed by atoms with Gasteiger partial charge in [0.05, 0.1) is 27.8 Å². The summed E-state index contributed by atoms with van der Waals surface area (Å²) in [6.45, 7) is 0. The van der Waals surface area contributed by atoms with E-state index in [0.29, 0.717) is 5.96 Å². The molecule has 0 radical (unpaired) electrons. The van der Waals surface area contributed by atoms with Gasteiger partial charge in [-0.2, -0.15) is 4.99 Å². The number of benzene rings is 10. The highest BCUT2D eigenvalue weighted by Gasteiger charge is 2.27. The molecule has 2 aromatic heterocycles. The van der Waals surface area contributed by atoms with Crippen LogP contribution < -0.4 is 5.32 Å². The number of aliphatic imine (C=N–C) groups is 2. The highest BCUT2D eigenvalue weighted by Crippen LogP contribution is 2.45. The molecule has 0 aliphatic carbocycles. The third-order valence-electron chi connectivity index (χ3n) is 12.8. The summed E-state index contributed by atoms with van der Waals surface area (Å²) < 4.78 is 4.76. The molecule has 0 amide bonds. The van der Waals surface area contributed by atoms with Gasteiger partial charge in [-0.05, 0) is 73.6 Å². The smallest absolute Gasteiger partial charge is 0.234 e. The van der Waals surface area contributed by atoms with Crippen molar-refractivity contribution in [2.45, 2.75) is 6.17 Å². The zero-order valence-corrected chi connectivity index (χ0v) is 33.6. The number of para-hydroxylation sites is 2. The molecule has 0 spiro atoms. The lowest BCUT2D eigenvalue weighted by molar-refractivity contribution is 0.668. The second-order valence-electron chi connectivity index (χ2n) is 16.2. The largest absolute Gasteiger partial charge is 0.344 e. The van der Waals surface area contributed by atoms with E-state index in [1.54, 1.807) is 0 Å². The zero-order valence-electron chi connectivity index (χ0n) is 33.6. The Morgan fingerprint density at radius 2 is 0.823 bits per heavy atom. The van der Waals surface area contributed by atoms with Gasteiger partial charge in [-0.25, -0.2) is 4.99 Å². The summed E-state index contributed by atoms with van der Waals surface area (Å²) >= 11 is 0. The summed E-state index contributed by atoms with van der Waals surface area (Å²) in [5.41, 5.74) is 12.3. The maximum Gasteiger partial charge on any atom is 0.234 e. The van der Waals surface area contributed by atoms with Crippen LogP contribution in [-0.4, -0.2) is 20.9 Å². The van der Waals surface area contributed by atoms with Crippen molar-refractivity contribution in [3.63, 3.8) is 0 Å². The first kappa shape index (κ1) is 34.6. The molecule has 13 rings (SSSR count). The van der Waals surface area contributed by atoms with Gasteiger partial charge in [0.25, 0.3) is 0 Å². The molecule has 1 atom stereocenters. The average molecular weight is 792 g/mol. The Morgan fingerprint density at radius 3 is 1.45 bits per heavy atom. The van der Waals surface area contributed by atoms with Gasteiger partial charge in [0, 0.05) is 27.1 Å². The Bertz CT molecular complexity index is 3660. The summed E-state index contributed by atoms with van der Waals surface area (Å²) in [6, 6.07) is 76.1. The molecule has 0 saturated carbocycles. The monoisotopic (exact) mass is 791 g/mol. The van der Waals surface area contributed by atoms with E-state index in [9.17, 15) is 0 Å². The number of nitrogens with zero attached hydrogens (tertiary/aromatic N) is 4. The van der Waals surface area contributed by atoms with Crippen LogP contribution in [0.25, 0.3) is 93.1 Å². The maximum absolute atomic E-state index is 5.52. The Labute approximate surface area is 357 Å². The standard InChI is InChI=1S/C57H37N5/c1-3-14-36(15-4-1)38-28-32-40(33-29-38)55-58-56(41-34-30-39(31-35-41)37-16-5-2-6-17-37)60-57(59-55)62-48-24-10-9-20-44(48)47-23-13-27-51(54(47)62)61-49-25-11-21-45-42-18-7-8-19-43(42)46-22-12-26-50(61)53(46)52(45)49/h1-35,55H,(H,58,59,60). The van der Waals surface area contributed by atoms with Crippen molar-refractivity contribution < 1.29 is 0 Å². The maximum atomic E-state index is 5.52. The average Bonchev–Trinajstić information content (AvgIpc) is 3.88. The highest BCUT2D eigenvalue weighted by molar-refractivity contribution is 6.34. The number of nitrogens with one attached hydrogen (secondary N) is 1. The summed E-state index contributed by atoms with van der Waals surface area (Å²) in [6.07, 6.45) is -0.398. The molecule has 1 N–H and O–H groups in total. The van der Waals surface area contributed by atoms with E-state index in [2.05, 4.69) is 227 Å². The first-order valence-electron chi connectivity index (χ1n) is 21.2. The van der Waals surface area contributed by atoms with Gasteiger partial charge in [-0.1, -0.05) is 188 Å². The summed E-state index contributed by atoms with van der Waals surface area (Å²) in [5.74, 6) is 1.39. The molecule has 10 aromatic carbocycles. The van der Waals surface area contributed by atoms with Gasteiger partial charge in [0.15, 0.2) is 0 Å². The van der Waals surface area contributed by atoms with Crippen LogP contribution in [0.15, 0.2) is 222 Å². The number of hydrogen-bond donors (Lipinski definition) is 1. The first-order chi connectivity index (χ1) is 30.8. The SMILES string of the molecule is c1ccc(-c2ccc(C3=NC(n4c5ccccc5c5cccc(-n6c7cccc8c9ccccc9c9cccc6c9c87)c54)=NC(c4ccc(-c5ccccc5)cc4)N3)cc2)cc1. The van der Waals surface area contributed by atoms with Crippen LogP contribution in [0.3, 0.4) is 0 Å². The summed E-state index contributed by atoms with van der Waals surface area (Å²) in [7, 11) is 0. The van der Waals surface area contributed by atoms with Crippen molar-refractivity contribution in [1.82, 2.24) is 14.5 Å². The van der Waals surface area contributed by atoms with Crippen molar-refractivity contribution >= 4 is 77.0 Å². The number of hydrogen-bond acceptors (Lipinski definition) is 3. The molecule has 5 heteroatoms. The number of aromatic nitrogens is 2. The normalized spacial score (nSPS) is 14.3. The van der Waals surface area contributed by atoms with Crippen LogP contribution in [0.2, 0.25) is 0 Å². The third-order valence-corrected chi connectivity index (χ3v) is 12.8. The predicted octanol–water partition coefficient (Wildman–Crippen LogP) is 13.9. The van der Waals surface area contributed by atoms with Crippen LogP contribution in [0.5, 0.6) is 0 Å². The topological polar surface area (TPSA) is 46.6 Å². The molecule has 12 aromatic rings. The van der Waals surface area contributed by atoms with Crippen molar-refractivity contribution in [2.75, 3.05) is 0 Å². The van der Waals surface area contributed by atoms with Gasteiger partial charge in [0.1, 0.15) is 12.0 Å². The van der Waals surface area contributed by atoms with Gasteiger partial charge in [-0.3, -0.25) is 4.57 Å². The van der Waals surface area contributed by atoms with Crippen LogP contribution in [-0.2, 0) is 0 Å². The Balaban J connectivity index is 1.06. The number of fused-ring (bicyclic) bond motifs is 6. The minimum Gasteiger partial charge on any atom is -0.344 e. The molecule has 1 aliphatic rings. The first-order valence-corrected chi connectivity index (χ1v) is 21.2. The Hall–Kier alpha value is -8.28. The lowest BCUT2D eigenvalue weighted by Crippen LogP contribution is -2.35. The van der Waals surface area contributed by atoms with Crippen LogP contribution >= 0.6 is 0 Å². The fourth-order valence-electron chi connectivity index (χ4n) is 9.95. The quantitative estimate of drug-likeness (QED) is 0.173. The van der Waals surface area contributed by atoms with E-state index >= 15 is 0 Å². The fraction of sp³-hybridized carbons (Fsp3) is 0.0175. The lowest BCUT2D eigenvalue weighted by Gasteiger charge is -2.25. The van der Waals surface area contributed by atoms with E-state index in [0.717, 1.165) is 55.6 Å². The second-order valence-corrected chi connectivity index (χ2v) is 16.2. The van der Waals surface area contributed by atoms with Crippen LogP contribution in [0, 0.1) is 0 Å². The molecule has 3 heterocycles. The highest BCUT2D eigenvalue weighted by atomic mass is 15.3. The van der Waals surface area contributed by atoms with E-state index in [1.807, 2.05) is 0 Å².